The van der Waals surface area contributed by atoms with E-state index >= 15 is 0 Å². The smallest absolute Gasteiger partial charge is 0.324 e. The first-order valence-corrected chi connectivity index (χ1v) is 7.34. The van der Waals surface area contributed by atoms with Crippen LogP contribution in [0.25, 0.3) is 0 Å². The minimum absolute atomic E-state index is 0.146. The number of nitrogens with one attached hydrogen (secondary N) is 2. The third kappa shape index (κ3) is 3.60. The van der Waals surface area contributed by atoms with E-state index in [0.717, 1.165) is 4.68 Å². The quantitative estimate of drug-likeness (QED) is 0.637. The van der Waals surface area contributed by atoms with Crippen molar-refractivity contribution < 1.29 is 9.59 Å². The van der Waals surface area contributed by atoms with Crippen LogP contribution in [0.4, 0.5) is 5.69 Å². The molecule has 8 heteroatoms. The number of aromatic amines is 1. The first kappa shape index (κ1) is 15.0. The topological polar surface area (TPSA) is 96.8 Å². The Morgan fingerprint density at radius 2 is 2.10 bits per heavy atom. The van der Waals surface area contributed by atoms with E-state index in [1.165, 1.54) is 18.7 Å². The zero-order valence-electron chi connectivity index (χ0n) is 11.5. The lowest BCUT2D eigenvalue weighted by Gasteiger charge is -2.08. The molecular formula is C13H14N4O3S. The van der Waals surface area contributed by atoms with Gasteiger partial charge >= 0.3 is 5.69 Å². The maximum absolute atomic E-state index is 12.0. The molecule has 0 saturated heterocycles. The van der Waals surface area contributed by atoms with E-state index in [9.17, 15) is 14.4 Å². The van der Waals surface area contributed by atoms with Crippen LogP contribution in [-0.2, 0) is 11.3 Å². The summed E-state index contributed by atoms with van der Waals surface area (Å²) in [6, 6.07) is 6.70. The molecule has 0 unspecified atom stereocenters. The van der Waals surface area contributed by atoms with Gasteiger partial charge in [-0.05, 0) is 25.3 Å². The number of nitrogens with zero attached hydrogens (tertiary/aromatic N) is 2. The predicted molar refractivity (Wildman–Crippen MR) is 79.7 cm³/mol. The second kappa shape index (κ2) is 6.40. The van der Waals surface area contributed by atoms with Gasteiger partial charge in [0.2, 0.25) is 5.91 Å². The van der Waals surface area contributed by atoms with Crippen LogP contribution in [0.1, 0.15) is 17.3 Å². The molecule has 0 spiro atoms. The number of amides is 1. The molecule has 1 aromatic carbocycles. The van der Waals surface area contributed by atoms with Gasteiger partial charge in [0.1, 0.15) is 6.54 Å². The minimum Gasteiger partial charge on any atom is -0.324 e. The van der Waals surface area contributed by atoms with Crippen molar-refractivity contribution in [2.24, 2.45) is 0 Å². The van der Waals surface area contributed by atoms with Gasteiger partial charge in [-0.2, -0.15) is 0 Å². The Hall–Kier alpha value is -2.35. The summed E-state index contributed by atoms with van der Waals surface area (Å²) in [7, 11) is 0. The van der Waals surface area contributed by atoms with E-state index in [0.29, 0.717) is 16.4 Å². The highest BCUT2D eigenvalue weighted by Gasteiger charge is 2.12. The van der Waals surface area contributed by atoms with E-state index in [-0.39, 0.29) is 12.3 Å². The Labute approximate surface area is 124 Å². The zero-order chi connectivity index (χ0) is 15.4. The molecule has 7 nitrogen and oxygen atoms in total. The van der Waals surface area contributed by atoms with Crippen LogP contribution >= 0.6 is 11.8 Å². The van der Waals surface area contributed by atoms with Gasteiger partial charge in [-0.1, -0.05) is 23.9 Å². The molecule has 2 rings (SSSR count). The molecule has 2 N–H and O–H groups in total. The summed E-state index contributed by atoms with van der Waals surface area (Å²) in [6.07, 6.45) is 1.77. The van der Waals surface area contributed by atoms with Crippen molar-refractivity contribution in [1.82, 2.24) is 14.8 Å². The summed E-state index contributed by atoms with van der Waals surface area (Å²) >= 11 is 1.28. The van der Waals surface area contributed by atoms with Crippen LogP contribution in [-0.4, -0.2) is 32.7 Å². The number of rotatable bonds is 5. The second-order valence-corrected chi connectivity index (χ2v) is 5.04. The van der Waals surface area contributed by atoms with E-state index in [1.54, 1.807) is 30.5 Å². The van der Waals surface area contributed by atoms with Crippen molar-refractivity contribution in [2.75, 3.05) is 11.6 Å². The van der Waals surface area contributed by atoms with Crippen molar-refractivity contribution in [3.8, 4) is 0 Å². The number of H-pyrrole nitrogens is 1. The number of hydrogen-bond donors (Lipinski definition) is 2. The lowest BCUT2D eigenvalue weighted by Crippen LogP contribution is -2.27. The molecule has 0 bridgehead atoms. The Bertz CT molecular complexity index is 735. The Morgan fingerprint density at radius 3 is 2.71 bits per heavy atom. The Kier molecular flexibility index (Phi) is 4.59. The van der Waals surface area contributed by atoms with Gasteiger partial charge < -0.3 is 5.32 Å². The SMILES string of the molecule is CSc1nn(CC(=O)Nc2ccccc2C(C)=O)c(=O)[nH]1. The van der Waals surface area contributed by atoms with Gasteiger partial charge in [-0.15, -0.1) is 5.10 Å². The molecule has 0 aliphatic rings. The number of carbonyl (C=O) groups excluding carboxylic acids is 2. The van der Waals surface area contributed by atoms with Crippen molar-refractivity contribution in [3.63, 3.8) is 0 Å². The molecule has 0 aliphatic carbocycles. The summed E-state index contributed by atoms with van der Waals surface area (Å²) in [5, 5.41) is 7.01. The molecule has 0 aliphatic heterocycles. The summed E-state index contributed by atoms with van der Waals surface area (Å²) in [5.74, 6) is -0.572. The number of aromatic nitrogens is 3. The van der Waals surface area contributed by atoms with Crippen LogP contribution in [0.3, 0.4) is 0 Å². The third-order valence-corrected chi connectivity index (χ3v) is 3.30. The fourth-order valence-corrected chi connectivity index (χ4v) is 2.13. The number of anilines is 1. The van der Waals surface area contributed by atoms with Crippen molar-refractivity contribution in [1.29, 1.82) is 0 Å². The number of carbonyl (C=O) groups is 2. The summed E-state index contributed by atoms with van der Waals surface area (Å²) in [5.41, 5.74) is 0.392. The molecule has 0 saturated carbocycles. The molecule has 21 heavy (non-hydrogen) atoms. The molecule has 1 aromatic heterocycles. The number of hydrogen-bond acceptors (Lipinski definition) is 5. The molecule has 2 aromatic rings. The lowest BCUT2D eigenvalue weighted by molar-refractivity contribution is -0.117. The minimum atomic E-state index is -0.450. The highest BCUT2D eigenvalue weighted by Crippen LogP contribution is 2.15. The Balaban J connectivity index is 2.13. The number of Topliss-reactive ketones (excluding diaryl/α,β-unsaturated/α-hetero) is 1. The Morgan fingerprint density at radius 1 is 1.38 bits per heavy atom. The average Bonchev–Trinajstić information content (AvgIpc) is 2.79. The van der Waals surface area contributed by atoms with Crippen LogP contribution in [0, 0.1) is 0 Å². The van der Waals surface area contributed by atoms with Gasteiger partial charge in [0.05, 0.1) is 5.69 Å². The van der Waals surface area contributed by atoms with E-state index < -0.39 is 11.6 Å². The van der Waals surface area contributed by atoms with Crippen LogP contribution < -0.4 is 11.0 Å². The van der Waals surface area contributed by atoms with Crippen LogP contribution in [0.5, 0.6) is 0 Å². The zero-order valence-corrected chi connectivity index (χ0v) is 12.4. The standard InChI is InChI=1S/C13H14N4O3S/c1-8(18)9-5-3-4-6-10(9)14-11(19)7-17-13(20)15-12(16-17)21-2/h3-6H,7H2,1-2H3,(H,14,19)(H,15,16,20). The molecule has 1 amide bonds. The fourth-order valence-electron chi connectivity index (χ4n) is 1.76. The normalized spacial score (nSPS) is 10.4. The fraction of sp³-hybridized carbons (Fsp3) is 0.231. The van der Waals surface area contributed by atoms with E-state index in [1.807, 2.05) is 0 Å². The first-order chi connectivity index (χ1) is 10.0. The number of ketones is 1. The van der Waals surface area contributed by atoms with Crippen LogP contribution in [0.2, 0.25) is 0 Å². The van der Waals surface area contributed by atoms with Crippen molar-refractivity contribution in [2.45, 2.75) is 18.6 Å². The second-order valence-electron chi connectivity index (χ2n) is 4.25. The molecule has 0 fully saturated rings. The highest BCUT2D eigenvalue weighted by molar-refractivity contribution is 7.98. The van der Waals surface area contributed by atoms with Crippen molar-refractivity contribution in [3.05, 3.63) is 40.3 Å². The van der Waals surface area contributed by atoms with Gasteiger partial charge in [-0.3, -0.25) is 14.6 Å². The molecule has 1 heterocycles. The maximum atomic E-state index is 12.0. The molecule has 0 radical (unpaired) electrons. The van der Waals surface area contributed by atoms with Gasteiger partial charge in [0, 0.05) is 5.56 Å². The average molecular weight is 306 g/mol. The van der Waals surface area contributed by atoms with E-state index in [4.69, 9.17) is 0 Å². The van der Waals surface area contributed by atoms with Crippen molar-refractivity contribution >= 4 is 29.1 Å². The molecule has 0 atom stereocenters. The molecular weight excluding hydrogens is 292 g/mol. The largest absolute Gasteiger partial charge is 0.344 e. The number of para-hydroxylation sites is 1. The van der Waals surface area contributed by atoms with Gasteiger partial charge in [-0.25, -0.2) is 9.48 Å². The van der Waals surface area contributed by atoms with Gasteiger partial charge in [0.25, 0.3) is 0 Å². The van der Waals surface area contributed by atoms with Crippen LogP contribution in [0.15, 0.2) is 34.2 Å². The molecule has 110 valence electrons. The van der Waals surface area contributed by atoms with E-state index in [2.05, 4.69) is 15.4 Å². The maximum Gasteiger partial charge on any atom is 0.344 e. The summed E-state index contributed by atoms with van der Waals surface area (Å²) in [4.78, 5) is 37.5. The third-order valence-electron chi connectivity index (χ3n) is 2.73. The number of thioether (sulfide) groups is 1. The number of benzene rings is 1. The summed E-state index contributed by atoms with van der Waals surface area (Å²) < 4.78 is 1.04. The monoisotopic (exact) mass is 306 g/mol. The summed E-state index contributed by atoms with van der Waals surface area (Å²) in [6.45, 7) is 1.20. The predicted octanol–water partition coefficient (Wildman–Crippen LogP) is 1.13. The highest BCUT2D eigenvalue weighted by atomic mass is 32.2. The van der Waals surface area contributed by atoms with Gasteiger partial charge in [0.15, 0.2) is 10.9 Å². The lowest BCUT2D eigenvalue weighted by atomic mass is 10.1. The first-order valence-electron chi connectivity index (χ1n) is 6.12.